The summed E-state index contributed by atoms with van der Waals surface area (Å²) in [5.74, 6) is 1.50. The summed E-state index contributed by atoms with van der Waals surface area (Å²) in [5, 5.41) is 19.8. The maximum atomic E-state index is 5.28. The van der Waals surface area contributed by atoms with Crippen LogP contribution < -0.4 is 5.32 Å². The van der Waals surface area contributed by atoms with Gasteiger partial charge in [0.25, 0.3) is 0 Å². The Morgan fingerprint density at radius 3 is 2.82 bits per heavy atom. The van der Waals surface area contributed by atoms with Gasteiger partial charge < -0.3 is 9.84 Å². The van der Waals surface area contributed by atoms with Crippen LogP contribution in [0.3, 0.4) is 0 Å². The van der Waals surface area contributed by atoms with Gasteiger partial charge >= 0.3 is 0 Å². The van der Waals surface area contributed by atoms with E-state index in [1.54, 1.807) is 17.8 Å². The fraction of sp³-hybridized carbons (Fsp3) is 0.500. The van der Waals surface area contributed by atoms with E-state index in [4.69, 9.17) is 4.52 Å². The van der Waals surface area contributed by atoms with Gasteiger partial charge in [0.15, 0.2) is 5.82 Å². The minimum Gasteiger partial charge on any atom is -0.370 e. The molecule has 0 aromatic carbocycles. The van der Waals surface area contributed by atoms with Crippen molar-refractivity contribution in [3.63, 3.8) is 0 Å². The summed E-state index contributed by atoms with van der Waals surface area (Å²) in [7, 11) is 0. The Kier molecular flexibility index (Phi) is 3.74. The Balaban J connectivity index is 1.99. The van der Waals surface area contributed by atoms with E-state index < -0.39 is 0 Å². The molecule has 3 heterocycles. The lowest BCUT2D eigenvalue weighted by atomic mass is 10.1. The number of hydrogen-bond acceptors (Lipinski definition) is 7. The molecule has 3 aromatic rings. The van der Waals surface area contributed by atoms with Crippen molar-refractivity contribution in [2.75, 3.05) is 5.32 Å². The van der Waals surface area contributed by atoms with Gasteiger partial charge in [0, 0.05) is 0 Å². The molecule has 1 N–H and O–H groups in total. The zero-order valence-corrected chi connectivity index (χ0v) is 13.1. The number of rotatable bonds is 5. The zero-order chi connectivity index (χ0) is 15.7. The Morgan fingerprint density at radius 2 is 2.18 bits per heavy atom. The maximum Gasteiger partial charge on any atom is 0.249 e. The number of aromatic nitrogens is 6. The van der Waals surface area contributed by atoms with Crippen molar-refractivity contribution < 1.29 is 4.52 Å². The molecule has 0 amide bonds. The van der Waals surface area contributed by atoms with E-state index in [1.807, 2.05) is 6.07 Å². The van der Waals surface area contributed by atoms with E-state index in [9.17, 15) is 0 Å². The smallest absolute Gasteiger partial charge is 0.249 e. The Morgan fingerprint density at radius 1 is 1.36 bits per heavy atom. The Hall–Kier alpha value is -2.51. The minimum atomic E-state index is -0.0795. The molecule has 0 radical (unpaired) electrons. The summed E-state index contributed by atoms with van der Waals surface area (Å²) in [6, 6.07) is 1.92. The molecule has 8 heteroatoms. The highest BCUT2D eigenvalue weighted by Crippen LogP contribution is 2.26. The second-order valence-electron chi connectivity index (χ2n) is 5.52. The predicted octanol–water partition coefficient (Wildman–Crippen LogP) is 2.50. The molecule has 0 aliphatic heterocycles. The number of fused-ring (bicyclic) bond motifs is 1. The molecule has 3 aromatic heterocycles. The van der Waals surface area contributed by atoms with Crippen molar-refractivity contribution in [2.24, 2.45) is 0 Å². The molecule has 0 bridgehead atoms. The second-order valence-corrected chi connectivity index (χ2v) is 5.52. The molecule has 0 saturated carbocycles. The molecule has 1 unspecified atom stereocenters. The van der Waals surface area contributed by atoms with E-state index in [1.165, 1.54) is 0 Å². The molecule has 0 spiro atoms. The molecule has 22 heavy (non-hydrogen) atoms. The lowest BCUT2D eigenvalue weighted by Gasteiger charge is -2.16. The first-order valence-corrected chi connectivity index (χ1v) is 7.36. The number of hydrogen-bond donors (Lipinski definition) is 1. The van der Waals surface area contributed by atoms with Crippen LogP contribution in [0.15, 0.2) is 16.9 Å². The first kappa shape index (κ1) is 14.4. The third-order valence-electron chi connectivity index (χ3n) is 3.46. The summed E-state index contributed by atoms with van der Waals surface area (Å²) in [4.78, 5) is 4.30. The molecule has 0 aliphatic rings. The van der Waals surface area contributed by atoms with Gasteiger partial charge in [-0.3, -0.25) is 0 Å². The van der Waals surface area contributed by atoms with Crippen LogP contribution in [0.2, 0.25) is 0 Å². The monoisotopic (exact) mass is 301 g/mol. The van der Waals surface area contributed by atoms with E-state index in [0.717, 1.165) is 17.8 Å². The van der Waals surface area contributed by atoms with Crippen LogP contribution >= 0.6 is 0 Å². The third-order valence-corrected chi connectivity index (χ3v) is 3.46. The first-order chi connectivity index (χ1) is 10.6. The van der Waals surface area contributed by atoms with Crippen molar-refractivity contribution in [3.05, 3.63) is 29.8 Å². The van der Waals surface area contributed by atoms with Gasteiger partial charge in [-0.15, -0.1) is 10.2 Å². The molecule has 0 aliphatic carbocycles. The van der Waals surface area contributed by atoms with Gasteiger partial charge in [-0.2, -0.15) is 14.6 Å². The van der Waals surface area contributed by atoms with E-state index in [2.05, 4.69) is 51.5 Å². The zero-order valence-electron chi connectivity index (χ0n) is 13.1. The van der Waals surface area contributed by atoms with E-state index in [0.29, 0.717) is 23.3 Å². The number of nitrogens with one attached hydrogen (secondary N) is 1. The fourth-order valence-electron chi connectivity index (χ4n) is 2.22. The van der Waals surface area contributed by atoms with Gasteiger partial charge in [0.05, 0.1) is 11.4 Å². The fourth-order valence-corrected chi connectivity index (χ4v) is 2.22. The van der Waals surface area contributed by atoms with Crippen molar-refractivity contribution in [1.82, 2.24) is 30.0 Å². The van der Waals surface area contributed by atoms with Crippen LogP contribution in [0.1, 0.15) is 56.6 Å². The number of nitrogens with zero attached hydrogens (tertiary/aromatic N) is 6. The van der Waals surface area contributed by atoms with Crippen LogP contribution in [-0.2, 0) is 0 Å². The summed E-state index contributed by atoms with van der Waals surface area (Å²) in [6.45, 7) is 8.06. The highest BCUT2D eigenvalue weighted by atomic mass is 16.5. The van der Waals surface area contributed by atoms with E-state index >= 15 is 0 Å². The van der Waals surface area contributed by atoms with E-state index in [-0.39, 0.29) is 6.04 Å². The van der Waals surface area contributed by atoms with Crippen molar-refractivity contribution in [1.29, 1.82) is 0 Å². The van der Waals surface area contributed by atoms with Crippen molar-refractivity contribution in [2.45, 2.75) is 46.1 Å². The lowest BCUT2D eigenvalue weighted by molar-refractivity contribution is 0.356. The highest BCUT2D eigenvalue weighted by Gasteiger charge is 2.19. The first-order valence-electron chi connectivity index (χ1n) is 7.36. The summed E-state index contributed by atoms with van der Waals surface area (Å²) >= 11 is 0. The molecule has 116 valence electrons. The van der Waals surface area contributed by atoms with Crippen LogP contribution in [0.4, 0.5) is 5.69 Å². The van der Waals surface area contributed by atoms with Gasteiger partial charge in [0.1, 0.15) is 12.4 Å². The summed E-state index contributed by atoms with van der Waals surface area (Å²) in [5.41, 5.74) is 2.50. The molecule has 8 nitrogen and oxygen atoms in total. The van der Waals surface area contributed by atoms with Crippen LogP contribution in [0, 0.1) is 6.92 Å². The second kappa shape index (κ2) is 5.70. The summed E-state index contributed by atoms with van der Waals surface area (Å²) in [6.07, 6.45) is 2.41. The standard InChI is InChI=1S/C14H19N7O/c1-5-10(14-16-9(4)20-22-14)17-12-6-11(8(2)3)19-21-7-15-18-13(12)21/h6-8,10,17H,5H2,1-4H3. The molecular formula is C14H19N7O. The lowest BCUT2D eigenvalue weighted by Crippen LogP contribution is -2.13. The minimum absolute atomic E-state index is 0.0795. The molecule has 1 atom stereocenters. The molecule has 0 saturated heterocycles. The van der Waals surface area contributed by atoms with Gasteiger partial charge in [-0.05, 0) is 25.3 Å². The average molecular weight is 301 g/mol. The van der Waals surface area contributed by atoms with Gasteiger partial charge in [-0.1, -0.05) is 25.9 Å². The normalized spacial score (nSPS) is 13.0. The topological polar surface area (TPSA) is 94.0 Å². The Bertz CT molecular complexity index is 776. The average Bonchev–Trinajstić information content (AvgIpc) is 3.12. The summed E-state index contributed by atoms with van der Waals surface area (Å²) < 4.78 is 6.96. The SMILES string of the molecule is CCC(Nc1cc(C(C)C)nn2cnnc12)c1nc(C)no1. The molecular weight excluding hydrogens is 282 g/mol. The van der Waals surface area contributed by atoms with Crippen LogP contribution in [0.25, 0.3) is 5.65 Å². The maximum absolute atomic E-state index is 5.28. The van der Waals surface area contributed by atoms with Crippen LogP contribution in [0.5, 0.6) is 0 Å². The van der Waals surface area contributed by atoms with Crippen LogP contribution in [-0.4, -0.2) is 30.0 Å². The number of anilines is 1. The Labute approximate surface area is 127 Å². The highest BCUT2D eigenvalue weighted by molar-refractivity contribution is 5.67. The predicted molar refractivity (Wildman–Crippen MR) is 80.6 cm³/mol. The van der Waals surface area contributed by atoms with Gasteiger partial charge in [-0.25, -0.2) is 0 Å². The largest absolute Gasteiger partial charge is 0.370 e. The number of aryl methyl sites for hydroxylation is 1. The van der Waals surface area contributed by atoms with Gasteiger partial charge in [0.2, 0.25) is 11.5 Å². The molecule has 0 fully saturated rings. The quantitative estimate of drug-likeness (QED) is 0.773. The molecule has 3 rings (SSSR count). The van der Waals surface area contributed by atoms with Crippen molar-refractivity contribution >= 4 is 11.3 Å². The van der Waals surface area contributed by atoms with Crippen molar-refractivity contribution in [3.8, 4) is 0 Å². The third kappa shape index (κ3) is 2.63.